The van der Waals surface area contributed by atoms with Crippen molar-refractivity contribution in [1.29, 1.82) is 0 Å². The minimum absolute atomic E-state index is 0.0239. The summed E-state index contributed by atoms with van der Waals surface area (Å²) >= 11 is 0. The molecule has 2 aromatic rings. The van der Waals surface area contributed by atoms with E-state index in [-0.39, 0.29) is 30.4 Å². The Kier molecular flexibility index (Phi) is 4.17. The number of piperidine rings is 1. The molecule has 1 aliphatic heterocycles. The van der Waals surface area contributed by atoms with Crippen LogP contribution in [0, 0.1) is 5.92 Å². The molecule has 2 bridgehead atoms. The van der Waals surface area contributed by atoms with Crippen LogP contribution in [0.5, 0.6) is 0 Å². The van der Waals surface area contributed by atoms with Crippen molar-refractivity contribution < 1.29 is 9.59 Å². The Hall–Kier alpha value is -2.41. The molecular weight excluding hydrogens is 318 g/mol. The number of aryl methyl sites for hydroxylation is 1. The average Bonchev–Trinajstić information content (AvgIpc) is 3.33. The summed E-state index contributed by atoms with van der Waals surface area (Å²) in [7, 11) is 0. The number of nitrogens with one attached hydrogen (secondary N) is 2. The van der Waals surface area contributed by atoms with E-state index in [9.17, 15) is 9.59 Å². The predicted octanol–water partition coefficient (Wildman–Crippen LogP) is 0.560. The second-order valence-corrected chi connectivity index (χ2v) is 7.07. The van der Waals surface area contributed by atoms with Crippen LogP contribution in [0.15, 0.2) is 24.5 Å². The molecule has 4 rings (SSSR count). The third kappa shape index (κ3) is 3.11. The van der Waals surface area contributed by atoms with Gasteiger partial charge in [-0.1, -0.05) is 0 Å². The first-order chi connectivity index (χ1) is 12.1. The Bertz CT molecular complexity index is 802. The van der Waals surface area contributed by atoms with Crippen molar-refractivity contribution in [2.75, 3.05) is 13.1 Å². The molecule has 1 saturated heterocycles. The molecule has 25 heavy (non-hydrogen) atoms. The first kappa shape index (κ1) is 16.1. The van der Waals surface area contributed by atoms with Gasteiger partial charge in [-0.05, 0) is 42.9 Å². The number of carbonyl (C=O) groups excluding carboxylic acids is 2. The Morgan fingerprint density at radius 3 is 3.04 bits per heavy atom. The topological polar surface area (TPSA) is 104 Å². The van der Waals surface area contributed by atoms with Crippen molar-refractivity contribution in [2.24, 2.45) is 11.7 Å². The lowest BCUT2D eigenvalue weighted by Gasteiger charge is -2.32. The van der Waals surface area contributed by atoms with Gasteiger partial charge < -0.3 is 20.9 Å². The maximum Gasteiger partial charge on any atom is 0.233 e. The van der Waals surface area contributed by atoms with Crippen molar-refractivity contribution in [3.05, 3.63) is 30.1 Å². The van der Waals surface area contributed by atoms with Crippen molar-refractivity contribution in [1.82, 2.24) is 20.2 Å². The minimum atomic E-state index is -0.108. The van der Waals surface area contributed by atoms with Gasteiger partial charge in [-0.2, -0.15) is 0 Å². The second-order valence-electron chi connectivity index (χ2n) is 7.07. The molecule has 1 saturated carbocycles. The number of carbonyl (C=O) groups is 2. The molecule has 7 heteroatoms. The number of amides is 2. The van der Waals surface area contributed by atoms with Crippen LogP contribution in [0.3, 0.4) is 0 Å². The largest absolute Gasteiger partial charge is 0.352 e. The van der Waals surface area contributed by atoms with Gasteiger partial charge in [0, 0.05) is 42.8 Å². The van der Waals surface area contributed by atoms with E-state index >= 15 is 0 Å². The molecule has 132 valence electrons. The smallest absolute Gasteiger partial charge is 0.233 e. The van der Waals surface area contributed by atoms with Crippen LogP contribution in [0.25, 0.3) is 11.0 Å². The van der Waals surface area contributed by atoms with E-state index in [0.717, 1.165) is 36.0 Å². The zero-order chi connectivity index (χ0) is 17.4. The Morgan fingerprint density at radius 2 is 2.28 bits per heavy atom. The van der Waals surface area contributed by atoms with Crippen molar-refractivity contribution in [2.45, 2.75) is 37.8 Å². The molecule has 4 N–H and O–H groups in total. The van der Waals surface area contributed by atoms with Crippen molar-refractivity contribution in [3.8, 4) is 0 Å². The number of H-pyrrole nitrogens is 1. The van der Waals surface area contributed by atoms with E-state index in [1.165, 1.54) is 0 Å². The lowest BCUT2D eigenvalue weighted by atomic mass is 10.0. The predicted molar refractivity (Wildman–Crippen MR) is 93.6 cm³/mol. The maximum atomic E-state index is 12.6. The highest BCUT2D eigenvalue weighted by molar-refractivity contribution is 5.79. The van der Waals surface area contributed by atoms with Crippen LogP contribution in [0.1, 0.15) is 24.8 Å². The van der Waals surface area contributed by atoms with Gasteiger partial charge in [0.15, 0.2) is 0 Å². The zero-order valence-corrected chi connectivity index (χ0v) is 14.1. The highest BCUT2D eigenvalue weighted by Crippen LogP contribution is 2.38. The fourth-order valence-electron chi connectivity index (χ4n) is 4.22. The van der Waals surface area contributed by atoms with E-state index in [1.807, 2.05) is 23.4 Å². The summed E-state index contributed by atoms with van der Waals surface area (Å²) in [6.07, 6.45) is 6.74. The van der Waals surface area contributed by atoms with Gasteiger partial charge in [0.2, 0.25) is 11.8 Å². The van der Waals surface area contributed by atoms with Crippen LogP contribution in [0.4, 0.5) is 0 Å². The van der Waals surface area contributed by atoms with Gasteiger partial charge in [-0.25, -0.2) is 4.98 Å². The van der Waals surface area contributed by atoms with Gasteiger partial charge >= 0.3 is 0 Å². The van der Waals surface area contributed by atoms with E-state index < -0.39 is 0 Å². The molecule has 0 aromatic carbocycles. The van der Waals surface area contributed by atoms with E-state index in [4.69, 9.17) is 5.73 Å². The quantitative estimate of drug-likeness (QED) is 0.739. The molecule has 2 amide bonds. The fourth-order valence-corrected chi connectivity index (χ4v) is 4.22. The van der Waals surface area contributed by atoms with Gasteiger partial charge in [-0.15, -0.1) is 0 Å². The van der Waals surface area contributed by atoms with Gasteiger partial charge in [-0.3, -0.25) is 9.59 Å². The SMILES string of the molecule is NCC(=O)N[C@H]1C[C@H]2C[C@H]1CN2C(=O)CCc1cnc2[nH]ccc2c1. The minimum Gasteiger partial charge on any atom is -0.352 e. The molecule has 2 fully saturated rings. The first-order valence-corrected chi connectivity index (χ1v) is 8.85. The Balaban J connectivity index is 1.32. The molecule has 2 aromatic heterocycles. The lowest BCUT2D eigenvalue weighted by Crippen LogP contribution is -2.48. The van der Waals surface area contributed by atoms with Crippen molar-refractivity contribution in [3.63, 3.8) is 0 Å². The zero-order valence-electron chi connectivity index (χ0n) is 14.1. The van der Waals surface area contributed by atoms with Gasteiger partial charge in [0.25, 0.3) is 0 Å². The summed E-state index contributed by atoms with van der Waals surface area (Å²) in [5.74, 6) is 0.454. The summed E-state index contributed by atoms with van der Waals surface area (Å²) in [6, 6.07) is 4.50. The van der Waals surface area contributed by atoms with E-state index in [2.05, 4.69) is 21.4 Å². The molecule has 7 nitrogen and oxygen atoms in total. The third-order valence-electron chi connectivity index (χ3n) is 5.48. The van der Waals surface area contributed by atoms with E-state index in [0.29, 0.717) is 18.8 Å². The number of pyridine rings is 1. The van der Waals surface area contributed by atoms with Crippen LogP contribution >= 0.6 is 0 Å². The summed E-state index contributed by atoms with van der Waals surface area (Å²) < 4.78 is 0. The molecule has 0 radical (unpaired) electrons. The highest BCUT2D eigenvalue weighted by Gasteiger charge is 2.46. The average molecular weight is 341 g/mol. The highest BCUT2D eigenvalue weighted by atomic mass is 16.2. The summed E-state index contributed by atoms with van der Waals surface area (Å²) in [5, 5.41) is 4.05. The number of likely N-dealkylation sites (tertiary alicyclic amines) is 1. The molecule has 0 spiro atoms. The number of nitrogens with two attached hydrogens (primary N) is 1. The standard InChI is InChI=1S/C18H23N5O2/c19-8-16(24)22-15-7-14-6-13(15)10-23(14)17(25)2-1-11-5-12-3-4-20-18(12)21-9-11/h3-5,9,13-15H,1-2,6-8,10,19H2,(H,20,21)(H,22,24)/t13-,14+,15-/m0/s1. The number of fused-ring (bicyclic) bond motifs is 3. The normalized spacial score (nSPS) is 24.8. The number of aromatic amines is 1. The summed E-state index contributed by atoms with van der Waals surface area (Å²) in [4.78, 5) is 33.5. The molecule has 3 heterocycles. The van der Waals surface area contributed by atoms with Crippen LogP contribution in [-0.2, 0) is 16.0 Å². The van der Waals surface area contributed by atoms with Crippen LogP contribution in [-0.4, -0.2) is 51.9 Å². The molecule has 3 atom stereocenters. The van der Waals surface area contributed by atoms with Crippen LogP contribution in [0.2, 0.25) is 0 Å². The Labute approximate surface area is 146 Å². The summed E-state index contributed by atoms with van der Waals surface area (Å²) in [6.45, 7) is 0.768. The summed E-state index contributed by atoms with van der Waals surface area (Å²) in [5.41, 5.74) is 7.32. The monoisotopic (exact) mass is 341 g/mol. The lowest BCUT2D eigenvalue weighted by molar-refractivity contribution is -0.133. The van der Waals surface area contributed by atoms with Crippen molar-refractivity contribution >= 4 is 22.8 Å². The molecule has 2 aliphatic rings. The molecule has 1 aliphatic carbocycles. The number of rotatable bonds is 5. The van der Waals surface area contributed by atoms with Crippen LogP contribution < -0.4 is 11.1 Å². The number of nitrogens with zero attached hydrogens (tertiary/aromatic N) is 2. The maximum absolute atomic E-state index is 12.6. The number of aromatic nitrogens is 2. The number of hydrogen-bond acceptors (Lipinski definition) is 4. The number of hydrogen-bond donors (Lipinski definition) is 3. The molecular formula is C18H23N5O2. The van der Waals surface area contributed by atoms with Gasteiger partial charge in [0.1, 0.15) is 5.65 Å². The van der Waals surface area contributed by atoms with Gasteiger partial charge in [0.05, 0.1) is 6.54 Å². The first-order valence-electron chi connectivity index (χ1n) is 8.85. The Morgan fingerprint density at radius 1 is 1.40 bits per heavy atom. The van der Waals surface area contributed by atoms with E-state index in [1.54, 1.807) is 0 Å². The fraction of sp³-hybridized carbons (Fsp3) is 0.500. The third-order valence-corrected chi connectivity index (χ3v) is 5.48. The molecule has 0 unspecified atom stereocenters. The second kappa shape index (κ2) is 6.48.